The van der Waals surface area contributed by atoms with Crippen molar-refractivity contribution in [3.05, 3.63) is 247 Å². The zero-order valence-corrected chi connectivity index (χ0v) is 88.3. The van der Waals surface area contributed by atoms with Crippen LogP contribution in [0.25, 0.3) is 0 Å². The Kier molecular flexibility index (Phi) is 27.3. The molecule has 4 heterocycles. The monoisotopic (exact) mass is 2040 g/mol. The predicted octanol–water partition coefficient (Wildman–Crippen LogP) is 23.0. The van der Waals surface area contributed by atoms with Gasteiger partial charge in [-0.25, -0.2) is 0 Å². The number of rotatable bonds is 8. The Labute approximate surface area is 885 Å². The number of thiocarbonyl (C=S) groups is 2. The minimum Gasteiger partial charge on any atom is -0.454 e. The molecule has 20 atom stereocenters. The number of benzene rings is 6. The Morgan fingerprint density at radius 3 is 0.852 bits per heavy atom. The van der Waals surface area contributed by atoms with Crippen molar-refractivity contribution in [2.24, 2.45) is 79.2 Å². The van der Waals surface area contributed by atoms with E-state index in [2.05, 4.69) is 167 Å². The largest absolute Gasteiger partial charge is 0.454 e. The SMILES string of the molecule is CC#C[C@]1(O)CC[C@H]2[C@@H]3CCC4=CC(=NNC(=S)Nc5ccccc5)CCC4=C3C(c3ccc4c(c3)OCO4)C[C@@]21C.CC#C[C@]1(O)CC[C@H]2[C@@H]3CCC4=CC(=NNC(=S)Nc5ccccc5)CCC4=C3C(c3ccc4c(c3)OCO4)C[C@@]21C.CC#C[C@]1(O)CC[C@H]2[C@@H]3CCC4=CC(=O)CCC4=C3C(c3ccc4c(c3)OCO4)C[C@@]21C.CC#C[C@]1(O)CC[C@H]2[C@@H]3CCC4=CC(=O)CCC4=C3C(c3ccc4c(c3)OCO4)C[C@@]21C.O. The maximum Gasteiger partial charge on any atom is 0.231 e. The van der Waals surface area contributed by atoms with Crippen molar-refractivity contribution in [3.63, 3.8) is 0 Å². The highest BCUT2D eigenvalue weighted by Crippen LogP contribution is 2.73. The number of anilines is 2. The molecule has 23 heteroatoms. The molecule has 0 amide bonds. The van der Waals surface area contributed by atoms with Crippen LogP contribution in [0.1, 0.15) is 281 Å². The molecule has 16 aliphatic carbocycles. The zero-order chi connectivity index (χ0) is 102. The summed E-state index contributed by atoms with van der Waals surface area (Å²) in [5, 5.41) is 64.0. The number of hydrogen-bond acceptors (Lipinski definition) is 18. The van der Waals surface area contributed by atoms with Gasteiger partial charge in [0.2, 0.25) is 27.2 Å². The van der Waals surface area contributed by atoms with E-state index in [0.29, 0.717) is 70.4 Å². The molecule has 8 fully saturated rings. The van der Waals surface area contributed by atoms with Crippen LogP contribution in [-0.2, 0) is 9.59 Å². The number of ether oxygens (including phenoxy) is 8. The number of nitrogens with one attached hydrogen (secondary N) is 4. The van der Waals surface area contributed by atoms with Crippen molar-refractivity contribution in [1.82, 2.24) is 10.9 Å². The van der Waals surface area contributed by atoms with Crippen LogP contribution in [0.2, 0.25) is 0 Å². The fourth-order valence-electron chi connectivity index (χ4n) is 31.8. The fraction of sp³-hybridized carbons (Fsp3) is 0.476. The maximum absolute atomic E-state index is 12.2. The number of carbonyl (C=O) groups is 2. The molecule has 6 aromatic carbocycles. The van der Waals surface area contributed by atoms with E-state index in [1.807, 2.05) is 125 Å². The van der Waals surface area contributed by atoms with Crippen LogP contribution in [0, 0.1) is 116 Å². The van der Waals surface area contributed by atoms with Gasteiger partial charge in [0.1, 0.15) is 22.4 Å². The normalized spacial score (nSPS) is 33.9. The molecule has 10 N–H and O–H groups in total. The van der Waals surface area contributed by atoms with Crippen LogP contribution >= 0.6 is 24.4 Å². The Balaban J connectivity index is 0.000000113. The zero-order valence-electron chi connectivity index (χ0n) is 86.6. The molecule has 0 saturated heterocycles. The Morgan fingerprint density at radius 1 is 0.329 bits per heavy atom. The second kappa shape index (κ2) is 40.2. The number of aliphatic hydroxyl groups is 4. The van der Waals surface area contributed by atoms with Gasteiger partial charge in [0.15, 0.2) is 67.8 Å². The summed E-state index contributed by atoms with van der Waals surface area (Å²) in [6.45, 7) is 17.5. The molecular weight excluding hydrogens is 1900 g/mol. The highest BCUT2D eigenvalue weighted by molar-refractivity contribution is 7.80. The van der Waals surface area contributed by atoms with Gasteiger partial charge in [-0.15, -0.1) is 23.7 Å². The molecule has 149 heavy (non-hydrogen) atoms. The van der Waals surface area contributed by atoms with Crippen molar-refractivity contribution in [1.29, 1.82) is 0 Å². The highest BCUT2D eigenvalue weighted by atomic mass is 32.1. The average molecular weight is 2040 g/mol. The Bertz CT molecular complexity index is 6680. The summed E-state index contributed by atoms with van der Waals surface area (Å²) < 4.78 is 45.4. The lowest BCUT2D eigenvalue weighted by molar-refractivity contribution is -0.115. The van der Waals surface area contributed by atoms with Gasteiger partial charge in [0, 0.05) is 69.5 Å². The predicted molar refractivity (Wildman–Crippen MR) is 585 cm³/mol. The third-order valence-corrected chi connectivity index (χ3v) is 39.2. The van der Waals surface area contributed by atoms with E-state index in [-0.39, 0.29) is 89.5 Å². The minimum atomic E-state index is -0.961. The molecule has 21 nitrogen and oxygen atoms in total. The van der Waals surface area contributed by atoms with Gasteiger partial charge < -0.3 is 74.4 Å². The third kappa shape index (κ3) is 17.8. The number of para-hydroxylation sites is 2. The summed E-state index contributed by atoms with van der Waals surface area (Å²) in [4.78, 5) is 24.3. The lowest BCUT2D eigenvalue weighted by Crippen LogP contribution is -2.51. The first-order valence-electron chi connectivity index (χ1n) is 54.1. The minimum absolute atomic E-state index is 0. The van der Waals surface area contributed by atoms with Gasteiger partial charge >= 0.3 is 0 Å². The number of fused-ring (bicyclic) bond motifs is 20. The van der Waals surface area contributed by atoms with Crippen LogP contribution in [0.4, 0.5) is 11.4 Å². The lowest BCUT2D eigenvalue weighted by atomic mass is 9.51. The van der Waals surface area contributed by atoms with E-state index >= 15 is 0 Å². The van der Waals surface area contributed by atoms with Crippen molar-refractivity contribution < 1.29 is 73.4 Å². The average Bonchev–Trinajstić information content (AvgIpc) is 1.58. The fourth-order valence-corrected chi connectivity index (χ4v) is 32.2. The Morgan fingerprint density at radius 2 is 0.584 bits per heavy atom. The number of hydrogen-bond donors (Lipinski definition) is 8. The number of carbonyl (C=O) groups excluding carboxylic acids is 2. The van der Waals surface area contributed by atoms with E-state index in [1.54, 1.807) is 11.1 Å². The van der Waals surface area contributed by atoms with E-state index in [1.165, 1.54) is 78.0 Å². The van der Waals surface area contributed by atoms with Crippen LogP contribution in [0.15, 0.2) is 235 Å². The molecule has 4 aliphatic heterocycles. The molecule has 0 radical (unpaired) electrons. The van der Waals surface area contributed by atoms with Crippen LogP contribution in [0.3, 0.4) is 0 Å². The molecule has 772 valence electrons. The first-order valence-corrected chi connectivity index (χ1v) is 54.9. The van der Waals surface area contributed by atoms with Gasteiger partial charge in [0.25, 0.3) is 0 Å². The van der Waals surface area contributed by atoms with Gasteiger partial charge in [-0.05, 0) is 430 Å². The molecule has 4 unspecified atom stereocenters. The lowest BCUT2D eigenvalue weighted by Gasteiger charge is -2.53. The third-order valence-electron chi connectivity index (χ3n) is 38.8. The van der Waals surface area contributed by atoms with Gasteiger partial charge in [-0.3, -0.25) is 20.4 Å². The topological polar surface area (TPSA) is 293 Å². The van der Waals surface area contributed by atoms with Crippen LogP contribution < -0.4 is 59.4 Å². The van der Waals surface area contributed by atoms with E-state index in [0.717, 1.165) is 236 Å². The van der Waals surface area contributed by atoms with Crippen LogP contribution in [0.5, 0.6) is 46.0 Å². The summed E-state index contributed by atoms with van der Waals surface area (Å²) >= 11 is 11.0. The van der Waals surface area contributed by atoms with E-state index < -0.39 is 22.4 Å². The molecule has 26 rings (SSSR count). The number of ketones is 2. The summed E-state index contributed by atoms with van der Waals surface area (Å²) in [5.74, 6) is 36.2. The molecule has 20 aliphatic rings. The Hall–Kier alpha value is -12.3. The molecule has 6 aromatic rings. The van der Waals surface area contributed by atoms with Crippen LogP contribution in [-0.4, -0.2) is 109 Å². The van der Waals surface area contributed by atoms with Crippen molar-refractivity contribution in [2.75, 3.05) is 37.8 Å². The molecule has 0 aromatic heterocycles. The maximum atomic E-state index is 12.2. The van der Waals surface area contributed by atoms with E-state index in [4.69, 9.17) is 62.3 Å². The van der Waals surface area contributed by atoms with Crippen molar-refractivity contribution in [2.45, 2.75) is 281 Å². The van der Waals surface area contributed by atoms with Gasteiger partial charge in [-0.2, -0.15) is 10.2 Å². The van der Waals surface area contributed by atoms with Gasteiger partial charge in [0.05, 0.1) is 11.4 Å². The first-order chi connectivity index (χ1) is 71.6. The second-order valence-electron chi connectivity index (χ2n) is 45.7. The summed E-state index contributed by atoms with van der Waals surface area (Å²) in [7, 11) is 0. The highest BCUT2D eigenvalue weighted by Gasteiger charge is 2.68. The summed E-state index contributed by atoms with van der Waals surface area (Å²) in [5.41, 5.74) is 27.3. The second-order valence-corrected chi connectivity index (χ2v) is 46.5. The standard InChI is InChI=1S/2C35H37N3O3S.2C28H30O4.H2O/c2*1-3-16-35(39)17-15-29-27-12-9-22-18-25(37-38-33(42)36-24-7-5-4-6-8-24)11-13-26(22)32(27)28(20-34(29,35)2)23-10-14-30-31(19-23)41-21-40-30;2*1-3-11-28(30)12-10-23-21-7-4-17-13-19(29)6-8-20(17)26(21)22(15-27(23,28)2)18-5-9-24-25(14-18)32-16-31-24;/h2*4-8,10,14,18-19,27-29,39H,9,11-13,15,17,20-21H2,1-2H3,(H2,36,38,42);2*5,9,13-14,21-23,30H,4,6-8,10,12,15-16H2,1-2H3;1H2/t2*27-,28?,29-,34-,35-;2*21-,22?,23-,27-,28-;/m0000./s1. The first kappa shape index (κ1) is 101. The van der Waals surface area contributed by atoms with Gasteiger partial charge in [-0.1, -0.05) is 134 Å². The number of hydrazone groups is 2. The number of allylic oxidation sites excluding steroid dienone is 16. The summed E-state index contributed by atoms with van der Waals surface area (Å²) in [6, 6.07) is 45.2. The number of nitrogens with zero attached hydrogens (tertiary/aromatic N) is 2. The summed E-state index contributed by atoms with van der Waals surface area (Å²) in [6.07, 6.45) is 33.6. The molecule has 0 bridgehead atoms. The quantitative estimate of drug-likeness (QED) is 0.0399. The molecule has 8 saturated carbocycles. The molecule has 0 spiro atoms. The molecular formula is C126H136N6O15S2. The van der Waals surface area contributed by atoms with Crippen molar-refractivity contribution >= 4 is 69.0 Å². The smallest absolute Gasteiger partial charge is 0.231 e. The van der Waals surface area contributed by atoms with Crippen molar-refractivity contribution in [3.8, 4) is 93.4 Å². The van der Waals surface area contributed by atoms with E-state index in [9.17, 15) is 30.0 Å².